The lowest BCUT2D eigenvalue weighted by Gasteiger charge is -2.12. The minimum Gasteiger partial charge on any atom is -0.322 e. The average molecular weight is 461 g/mol. The fourth-order valence-corrected chi connectivity index (χ4v) is 4.84. The molecule has 4 aromatic rings. The highest BCUT2D eigenvalue weighted by Crippen LogP contribution is 2.22. The summed E-state index contributed by atoms with van der Waals surface area (Å²) in [6, 6.07) is 21.0. The third-order valence-electron chi connectivity index (χ3n) is 5.10. The van der Waals surface area contributed by atoms with E-state index in [1.54, 1.807) is 54.2 Å². The maximum Gasteiger partial charge on any atom is 0.262 e. The number of anilines is 2. The van der Waals surface area contributed by atoms with Crippen LogP contribution in [-0.4, -0.2) is 24.1 Å². The lowest BCUT2D eigenvalue weighted by molar-refractivity contribution is 0.102. The number of benzene rings is 3. The van der Waals surface area contributed by atoms with E-state index < -0.39 is 10.0 Å². The zero-order valence-electron chi connectivity index (χ0n) is 18.3. The SMILES string of the molecule is Cc1ccc(C)c(S(=O)(=O)Nc2cccc(C(=O)Nc3cccc(Cn4cccn4)c3)c2)c1. The summed E-state index contributed by atoms with van der Waals surface area (Å²) in [5.74, 6) is -0.334. The minimum absolute atomic E-state index is 0.214. The molecular formula is C25H24N4O3S. The standard InChI is InChI=1S/C25H24N4O3S/c1-18-10-11-19(2)24(14-18)33(31,32)28-23-9-4-7-21(16-23)25(30)27-22-8-3-6-20(15-22)17-29-13-5-12-26-29/h3-16,28H,17H2,1-2H3,(H,27,30). The average Bonchev–Trinajstić information content (AvgIpc) is 3.28. The lowest BCUT2D eigenvalue weighted by Crippen LogP contribution is -2.16. The Morgan fingerprint density at radius 3 is 2.52 bits per heavy atom. The Kier molecular flexibility index (Phi) is 6.28. The molecule has 0 spiro atoms. The van der Waals surface area contributed by atoms with Gasteiger partial charge in [-0.25, -0.2) is 8.42 Å². The van der Waals surface area contributed by atoms with Crippen molar-refractivity contribution in [2.45, 2.75) is 25.3 Å². The van der Waals surface area contributed by atoms with Crippen LogP contribution >= 0.6 is 0 Å². The number of carbonyl (C=O) groups is 1. The summed E-state index contributed by atoms with van der Waals surface area (Å²) in [5.41, 5.74) is 3.79. The number of aryl methyl sites for hydroxylation is 2. The van der Waals surface area contributed by atoms with Crippen LogP contribution in [0, 0.1) is 13.8 Å². The first kappa shape index (κ1) is 22.3. The number of carbonyl (C=O) groups excluding carboxylic acids is 1. The summed E-state index contributed by atoms with van der Waals surface area (Å²) in [6.07, 6.45) is 3.59. The van der Waals surface area contributed by atoms with Gasteiger partial charge in [-0.2, -0.15) is 5.10 Å². The third kappa shape index (κ3) is 5.48. The summed E-state index contributed by atoms with van der Waals surface area (Å²) in [5, 5.41) is 7.06. The van der Waals surface area contributed by atoms with E-state index in [0.717, 1.165) is 11.1 Å². The molecule has 0 saturated heterocycles. The van der Waals surface area contributed by atoms with Gasteiger partial charge in [0.1, 0.15) is 0 Å². The van der Waals surface area contributed by atoms with Crippen molar-refractivity contribution < 1.29 is 13.2 Å². The lowest BCUT2D eigenvalue weighted by atomic mass is 10.1. The van der Waals surface area contributed by atoms with Gasteiger partial charge in [-0.05, 0) is 73.0 Å². The number of hydrogen-bond donors (Lipinski definition) is 2. The van der Waals surface area contributed by atoms with Crippen LogP contribution in [0.4, 0.5) is 11.4 Å². The minimum atomic E-state index is -3.79. The van der Waals surface area contributed by atoms with Crippen LogP contribution in [0.1, 0.15) is 27.0 Å². The number of nitrogens with zero attached hydrogens (tertiary/aromatic N) is 2. The van der Waals surface area contributed by atoms with Crippen LogP contribution in [0.25, 0.3) is 0 Å². The van der Waals surface area contributed by atoms with Crippen LogP contribution < -0.4 is 10.0 Å². The van der Waals surface area contributed by atoms with Gasteiger partial charge in [0, 0.05) is 29.3 Å². The molecule has 0 aliphatic carbocycles. The largest absolute Gasteiger partial charge is 0.322 e. The van der Waals surface area contributed by atoms with Gasteiger partial charge in [0.05, 0.1) is 11.4 Å². The first-order valence-corrected chi connectivity index (χ1v) is 11.9. The molecule has 0 atom stereocenters. The van der Waals surface area contributed by atoms with Gasteiger partial charge in [0.25, 0.3) is 15.9 Å². The molecule has 33 heavy (non-hydrogen) atoms. The molecule has 0 fully saturated rings. The Hall–Kier alpha value is -3.91. The van der Waals surface area contributed by atoms with E-state index in [0.29, 0.717) is 29.0 Å². The Morgan fingerprint density at radius 1 is 0.939 bits per heavy atom. The summed E-state index contributed by atoms with van der Waals surface area (Å²) in [4.78, 5) is 13.0. The van der Waals surface area contributed by atoms with Gasteiger partial charge in [0.15, 0.2) is 0 Å². The Morgan fingerprint density at radius 2 is 1.73 bits per heavy atom. The van der Waals surface area contributed by atoms with E-state index in [1.807, 2.05) is 43.5 Å². The number of hydrogen-bond acceptors (Lipinski definition) is 4. The fourth-order valence-electron chi connectivity index (χ4n) is 3.46. The Bertz CT molecular complexity index is 1400. The molecule has 0 radical (unpaired) electrons. The van der Waals surface area contributed by atoms with Gasteiger partial charge in [-0.3, -0.25) is 14.2 Å². The van der Waals surface area contributed by atoms with E-state index in [-0.39, 0.29) is 10.8 Å². The highest BCUT2D eigenvalue weighted by molar-refractivity contribution is 7.92. The van der Waals surface area contributed by atoms with Gasteiger partial charge in [-0.1, -0.05) is 30.3 Å². The summed E-state index contributed by atoms with van der Waals surface area (Å²) in [7, 11) is -3.79. The molecular weight excluding hydrogens is 436 g/mol. The number of sulfonamides is 1. The second kappa shape index (κ2) is 9.30. The van der Waals surface area contributed by atoms with Crippen molar-refractivity contribution in [2.24, 2.45) is 0 Å². The Balaban J connectivity index is 1.50. The number of amides is 1. The second-order valence-corrected chi connectivity index (χ2v) is 9.46. The quantitative estimate of drug-likeness (QED) is 0.421. The first-order valence-electron chi connectivity index (χ1n) is 10.4. The van der Waals surface area contributed by atoms with Crippen LogP contribution in [0.3, 0.4) is 0 Å². The normalized spacial score (nSPS) is 11.2. The summed E-state index contributed by atoms with van der Waals surface area (Å²) < 4.78 is 30.2. The van der Waals surface area contributed by atoms with Crippen molar-refractivity contribution in [3.63, 3.8) is 0 Å². The van der Waals surface area contributed by atoms with E-state index in [4.69, 9.17) is 0 Å². The van der Waals surface area contributed by atoms with Crippen molar-refractivity contribution in [1.82, 2.24) is 9.78 Å². The van der Waals surface area contributed by atoms with Crippen molar-refractivity contribution >= 4 is 27.3 Å². The maximum absolute atomic E-state index is 12.9. The Labute approximate surface area is 193 Å². The molecule has 168 valence electrons. The van der Waals surface area contributed by atoms with E-state index in [2.05, 4.69) is 15.1 Å². The first-order chi connectivity index (χ1) is 15.8. The zero-order chi connectivity index (χ0) is 23.4. The number of rotatable bonds is 7. The van der Waals surface area contributed by atoms with E-state index >= 15 is 0 Å². The molecule has 0 unspecified atom stereocenters. The predicted octanol–water partition coefficient (Wildman–Crippen LogP) is 4.60. The van der Waals surface area contributed by atoms with Gasteiger partial charge >= 0.3 is 0 Å². The number of aromatic nitrogens is 2. The van der Waals surface area contributed by atoms with Crippen molar-refractivity contribution in [3.8, 4) is 0 Å². The summed E-state index contributed by atoms with van der Waals surface area (Å²) in [6.45, 7) is 4.18. The van der Waals surface area contributed by atoms with Gasteiger partial charge < -0.3 is 5.32 Å². The molecule has 0 saturated carbocycles. The van der Waals surface area contributed by atoms with E-state index in [9.17, 15) is 13.2 Å². The summed E-state index contributed by atoms with van der Waals surface area (Å²) >= 11 is 0. The molecule has 8 heteroatoms. The predicted molar refractivity (Wildman–Crippen MR) is 129 cm³/mol. The highest BCUT2D eigenvalue weighted by Gasteiger charge is 2.18. The molecule has 0 bridgehead atoms. The highest BCUT2D eigenvalue weighted by atomic mass is 32.2. The third-order valence-corrected chi connectivity index (χ3v) is 6.62. The number of nitrogens with one attached hydrogen (secondary N) is 2. The second-order valence-electron chi connectivity index (χ2n) is 7.81. The monoisotopic (exact) mass is 460 g/mol. The molecule has 1 heterocycles. The topological polar surface area (TPSA) is 93.1 Å². The molecule has 1 amide bonds. The van der Waals surface area contributed by atoms with Crippen molar-refractivity contribution in [3.05, 3.63) is 107 Å². The fraction of sp³-hybridized carbons (Fsp3) is 0.120. The van der Waals surface area contributed by atoms with Crippen LogP contribution in [0.15, 0.2) is 90.1 Å². The van der Waals surface area contributed by atoms with Gasteiger partial charge in [0.2, 0.25) is 0 Å². The molecule has 7 nitrogen and oxygen atoms in total. The molecule has 0 aliphatic rings. The molecule has 3 aromatic carbocycles. The molecule has 2 N–H and O–H groups in total. The van der Waals surface area contributed by atoms with Crippen LogP contribution in [0.5, 0.6) is 0 Å². The smallest absolute Gasteiger partial charge is 0.262 e. The van der Waals surface area contributed by atoms with Crippen LogP contribution in [0.2, 0.25) is 0 Å². The van der Waals surface area contributed by atoms with Crippen LogP contribution in [-0.2, 0) is 16.6 Å². The zero-order valence-corrected chi connectivity index (χ0v) is 19.1. The van der Waals surface area contributed by atoms with Crippen molar-refractivity contribution in [1.29, 1.82) is 0 Å². The van der Waals surface area contributed by atoms with Gasteiger partial charge in [-0.15, -0.1) is 0 Å². The van der Waals surface area contributed by atoms with Crippen molar-refractivity contribution in [2.75, 3.05) is 10.0 Å². The van der Waals surface area contributed by atoms with E-state index in [1.165, 1.54) is 6.07 Å². The maximum atomic E-state index is 12.9. The molecule has 0 aliphatic heterocycles. The molecule has 1 aromatic heterocycles. The molecule has 4 rings (SSSR count).